The number of aromatic nitrogens is 2. The quantitative estimate of drug-likeness (QED) is 0.666. The first kappa shape index (κ1) is 10.2. The second kappa shape index (κ2) is 4.06. The van der Waals surface area contributed by atoms with Crippen LogP contribution in [0, 0.1) is 6.92 Å². The van der Waals surface area contributed by atoms with E-state index in [-0.39, 0.29) is 5.91 Å². The summed E-state index contributed by atoms with van der Waals surface area (Å²) < 4.78 is 0. The van der Waals surface area contributed by atoms with Crippen LogP contribution in [-0.4, -0.2) is 16.1 Å². The minimum absolute atomic E-state index is 0.197. The van der Waals surface area contributed by atoms with Crippen LogP contribution in [0.15, 0.2) is 30.5 Å². The zero-order chi connectivity index (χ0) is 11.5. The van der Waals surface area contributed by atoms with E-state index in [2.05, 4.69) is 15.5 Å². The number of carbonyl (C=O) groups excluding carboxylic acids is 1. The van der Waals surface area contributed by atoms with E-state index >= 15 is 0 Å². The van der Waals surface area contributed by atoms with Crippen LogP contribution in [0.4, 0.5) is 11.4 Å². The van der Waals surface area contributed by atoms with Crippen molar-refractivity contribution in [1.29, 1.82) is 0 Å². The number of anilines is 2. The molecule has 2 aromatic rings. The molecular formula is C11H12N4O. The summed E-state index contributed by atoms with van der Waals surface area (Å²) in [7, 11) is 0. The molecule has 0 aliphatic carbocycles. The Balaban J connectivity index is 2.17. The predicted octanol–water partition coefficient (Wildman–Crippen LogP) is 1.55. The second-order valence-electron chi connectivity index (χ2n) is 3.49. The molecule has 4 N–H and O–H groups in total. The van der Waals surface area contributed by atoms with Crippen molar-refractivity contribution in [2.45, 2.75) is 6.92 Å². The normalized spacial score (nSPS) is 10.1. The largest absolute Gasteiger partial charge is 0.399 e. The number of hydrogen-bond donors (Lipinski definition) is 3. The lowest BCUT2D eigenvalue weighted by molar-refractivity contribution is 0.102. The molecule has 82 valence electrons. The lowest BCUT2D eigenvalue weighted by Gasteiger charge is -2.04. The van der Waals surface area contributed by atoms with Gasteiger partial charge < -0.3 is 11.1 Å². The number of aryl methyl sites for hydroxylation is 1. The summed E-state index contributed by atoms with van der Waals surface area (Å²) in [6.07, 6.45) is 1.50. The smallest absolute Gasteiger partial charge is 0.259 e. The molecule has 2 rings (SSSR count). The van der Waals surface area contributed by atoms with Gasteiger partial charge in [-0.2, -0.15) is 5.10 Å². The highest BCUT2D eigenvalue weighted by Crippen LogP contribution is 2.13. The fourth-order valence-corrected chi connectivity index (χ4v) is 1.39. The molecule has 5 heteroatoms. The van der Waals surface area contributed by atoms with Crippen LogP contribution in [-0.2, 0) is 0 Å². The Morgan fingerprint density at radius 1 is 1.50 bits per heavy atom. The first-order chi connectivity index (χ1) is 7.66. The van der Waals surface area contributed by atoms with E-state index in [9.17, 15) is 4.79 Å². The third kappa shape index (κ3) is 2.03. The van der Waals surface area contributed by atoms with Gasteiger partial charge in [-0.25, -0.2) is 0 Å². The summed E-state index contributed by atoms with van der Waals surface area (Å²) in [5.41, 5.74) is 8.17. The predicted molar refractivity (Wildman–Crippen MR) is 62.1 cm³/mol. The van der Waals surface area contributed by atoms with Crippen LogP contribution >= 0.6 is 0 Å². The third-order valence-electron chi connectivity index (χ3n) is 2.22. The molecule has 1 amide bonds. The van der Waals surface area contributed by atoms with Crippen molar-refractivity contribution >= 4 is 17.3 Å². The van der Waals surface area contributed by atoms with Gasteiger partial charge in [-0.1, -0.05) is 6.07 Å². The van der Waals surface area contributed by atoms with Crippen LogP contribution in [0.5, 0.6) is 0 Å². The molecule has 1 heterocycles. The highest BCUT2D eigenvalue weighted by Gasteiger charge is 2.10. The van der Waals surface area contributed by atoms with E-state index in [0.29, 0.717) is 16.9 Å². The van der Waals surface area contributed by atoms with Crippen molar-refractivity contribution in [3.63, 3.8) is 0 Å². The molecule has 0 spiro atoms. The minimum atomic E-state index is -0.197. The number of nitrogen functional groups attached to an aromatic ring is 1. The summed E-state index contributed by atoms with van der Waals surface area (Å²) in [5.74, 6) is -0.197. The van der Waals surface area contributed by atoms with Gasteiger partial charge in [-0.3, -0.25) is 9.89 Å². The first-order valence-corrected chi connectivity index (χ1v) is 4.83. The van der Waals surface area contributed by atoms with Crippen molar-refractivity contribution in [2.24, 2.45) is 0 Å². The lowest BCUT2D eigenvalue weighted by Crippen LogP contribution is -2.12. The Hall–Kier alpha value is -2.30. The zero-order valence-electron chi connectivity index (χ0n) is 8.82. The van der Waals surface area contributed by atoms with Crippen molar-refractivity contribution in [3.05, 3.63) is 41.7 Å². The van der Waals surface area contributed by atoms with Crippen molar-refractivity contribution in [2.75, 3.05) is 11.1 Å². The molecule has 0 aliphatic rings. The number of hydrogen-bond acceptors (Lipinski definition) is 3. The van der Waals surface area contributed by atoms with Gasteiger partial charge >= 0.3 is 0 Å². The van der Waals surface area contributed by atoms with Gasteiger partial charge in [0, 0.05) is 17.1 Å². The van der Waals surface area contributed by atoms with E-state index in [1.165, 1.54) is 6.20 Å². The average molecular weight is 216 g/mol. The Morgan fingerprint density at radius 2 is 2.31 bits per heavy atom. The van der Waals surface area contributed by atoms with Gasteiger partial charge in [-0.15, -0.1) is 0 Å². The second-order valence-corrected chi connectivity index (χ2v) is 3.49. The van der Waals surface area contributed by atoms with E-state index < -0.39 is 0 Å². The Labute approximate surface area is 92.7 Å². The summed E-state index contributed by atoms with van der Waals surface area (Å²) >= 11 is 0. The van der Waals surface area contributed by atoms with Gasteiger partial charge in [0.15, 0.2) is 0 Å². The Morgan fingerprint density at radius 3 is 2.94 bits per heavy atom. The number of aromatic amines is 1. The SMILES string of the molecule is Cc1[nH]ncc1C(=O)Nc1cccc(N)c1. The fraction of sp³-hybridized carbons (Fsp3) is 0.0909. The van der Waals surface area contributed by atoms with E-state index in [1.54, 1.807) is 31.2 Å². The number of carbonyl (C=O) groups is 1. The highest BCUT2D eigenvalue weighted by atomic mass is 16.1. The number of nitrogens with zero attached hydrogens (tertiary/aromatic N) is 1. The summed E-state index contributed by atoms with van der Waals surface area (Å²) in [4.78, 5) is 11.8. The standard InChI is InChI=1S/C11H12N4O/c1-7-10(6-13-15-7)11(16)14-9-4-2-3-8(12)5-9/h2-6H,12H2,1H3,(H,13,15)(H,14,16). The molecule has 5 nitrogen and oxygen atoms in total. The van der Waals surface area contributed by atoms with Crippen LogP contribution in [0.25, 0.3) is 0 Å². The summed E-state index contributed by atoms with van der Waals surface area (Å²) in [5, 5.41) is 9.25. The maximum Gasteiger partial charge on any atom is 0.259 e. The number of rotatable bonds is 2. The molecule has 0 saturated carbocycles. The third-order valence-corrected chi connectivity index (χ3v) is 2.22. The van der Waals surface area contributed by atoms with Crippen LogP contribution in [0.2, 0.25) is 0 Å². The number of amides is 1. The van der Waals surface area contributed by atoms with Crippen molar-refractivity contribution in [1.82, 2.24) is 10.2 Å². The van der Waals surface area contributed by atoms with Crippen LogP contribution < -0.4 is 11.1 Å². The molecule has 0 aliphatic heterocycles. The van der Waals surface area contributed by atoms with Gasteiger partial charge in [0.25, 0.3) is 5.91 Å². The molecule has 0 saturated heterocycles. The molecule has 0 unspecified atom stereocenters. The van der Waals surface area contributed by atoms with Gasteiger partial charge in [0.2, 0.25) is 0 Å². The minimum Gasteiger partial charge on any atom is -0.399 e. The molecule has 1 aromatic carbocycles. The number of nitrogens with one attached hydrogen (secondary N) is 2. The molecular weight excluding hydrogens is 204 g/mol. The maximum absolute atomic E-state index is 11.8. The maximum atomic E-state index is 11.8. The zero-order valence-corrected chi connectivity index (χ0v) is 8.82. The first-order valence-electron chi connectivity index (χ1n) is 4.83. The van der Waals surface area contributed by atoms with E-state index in [4.69, 9.17) is 5.73 Å². The van der Waals surface area contributed by atoms with Gasteiger partial charge in [0.05, 0.1) is 11.8 Å². The molecule has 0 fully saturated rings. The summed E-state index contributed by atoms with van der Waals surface area (Å²) in [6, 6.07) is 7.03. The Bertz CT molecular complexity index is 518. The Kier molecular flexibility index (Phi) is 2.59. The molecule has 0 radical (unpaired) electrons. The lowest BCUT2D eigenvalue weighted by atomic mass is 10.2. The average Bonchev–Trinajstić information content (AvgIpc) is 2.64. The monoisotopic (exact) mass is 216 g/mol. The number of H-pyrrole nitrogens is 1. The molecule has 0 bridgehead atoms. The topological polar surface area (TPSA) is 83.8 Å². The van der Waals surface area contributed by atoms with E-state index in [0.717, 1.165) is 5.69 Å². The number of nitrogens with two attached hydrogens (primary N) is 1. The molecule has 1 aromatic heterocycles. The van der Waals surface area contributed by atoms with Crippen LogP contribution in [0.1, 0.15) is 16.1 Å². The van der Waals surface area contributed by atoms with Crippen molar-refractivity contribution in [3.8, 4) is 0 Å². The molecule has 16 heavy (non-hydrogen) atoms. The number of benzene rings is 1. The van der Waals surface area contributed by atoms with E-state index in [1.807, 2.05) is 0 Å². The fourth-order valence-electron chi connectivity index (χ4n) is 1.39. The summed E-state index contributed by atoms with van der Waals surface area (Å²) in [6.45, 7) is 1.79. The van der Waals surface area contributed by atoms with Gasteiger partial charge in [-0.05, 0) is 25.1 Å². The molecule has 0 atom stereocenters. The highest BCUT2D eigenvalue weighted by molar-refractivity contribution is 6.04. The van der Waals surface area contributed by atoms with Gasteiger partial charge in [0.1, 0.15) is 0 Å². The van der Waals surface area contributed by atoms with Crippen LogP contribution in [0.3, 0.4) is 0 Å². The van der Waals surface area contributed by atoms with Crippen molar-refractivity contribution < 1.29 is 4.79 Å².